The van der Waals surface area contributed by atoms with Crippen LogP contribution in [0.5, 0.6) is 0 Å². The minimum absolute atomic E-state index is 0.241. The Labute approximate surface area is 121 Å². The molecule has 0 radical (unpaired) electrons. The molecular formula is C15H16BrFN2. The first-order valence-electron chi connectivity index (χ1n) is 6.24. The molecule has 0 saturated heterocycles. The van der Waals surface area contributed by atoms with Crippen LogP contribution in [0, 0.1) is 5.82 Å². The molecule has 0 saturated carbocycles. The van der Waals surface area contributed by atoms with E-state index in [0.717, 1.165) is 17.7 Å². The summed E-state index contributed by atoms with van der Waals surface area (Å²) in [5, 5.41) is 3.15. The molecule has 2 aromatic rings. The molecule has 1 aromatic carbocycles. The fraction of sp³-hybridized carbons (Fsp3) is 0.267. The minimum atomic E-state index is -0.242. The van der Waals surface area contributed by atoms with Crippen molar-refractivity contribution in [2.24, 2.45) is 0 Å². The molecule has 1 aromatic heterocycles. The van der Waals surface area contributed by atoms with Crippen molar-refractivity contribution in [2.45, 2.75) is 19.4 Å². The molecule has 1 atom stereocenters. The van der Waals surface area contributed by atoms with Crippen LogP contribution in [0.15, 0.2) is 41.0 Å². The maximum atomic E-state index is 14.2. The van der Waals surface area contributed by atoms with Crippen LogP contribution >= 0.6 is 15.9 Å². The number of benzene rings is 1. The quantitative estimate of drug-likeness (QED) is 0.924. The van der Waals surface area contributed by atoms with E-state index in [4.69, 9.17) is 0 Å². The Hall–Kier alpha value is -1.26. The minimum Gasteiger partial charge on any atom is -0.308 e. The Bertz CT molecular complexity index is 572. The highest BCUT2D eigenvalue weighted by molar-refractivity contribution is 9.10. The lowest BCUT2D eigenvalue weighted by molar-refractivity contribution is 0.563. The molecule has 1 unspecified atom stereocenters. The summed E-state index contributed by atoms with van der Waals surface area (Å²) in [6, 6.07) is 9.02. The molecule has 19 heavy (non-hydrogen) atoms. The number of hydrogen-bond acceptors (Lipinski definition) is 2. The van der Waals surface area contributed by atoms with Crippen molar-refractivity contribution in [3.8, 4) is 0 Å². The third-order valence-corrected chi connectivity index (χ3v) is 3.77. The van der Waals surface area contributed by atoms with E-state index in [1.807, 2.05) is 25.2 Å². The largest absolute Gasteiger partial charge is 0.308 e. The van der Waals surface area contributed by atoms with Crippen LogP contribution in [0.3, 0.4) is 0 Å². The van der Waals surface area contributed by atoms with E-state index in [1.54, 1.807) is 18.3 Å². The fourth-order valence-electron chi connectivity index (χ4n) is 2.19. The van der Waals surface area contributed by atoms with Gasteiger partial charge in [0.1, 0.15) is 5.82 Å². The van der Waals surface area contributed by atoms with Crippen LogP contribution in [-0.2, 0) is 6.42 Å². The van der Waals surface area contributed by atoms with Crippen molar-refractivity contribution in [1.82, 2.24) is 10.3 Å². The molecule has 0 bridgehead atoms. The number of aryl methyl sites for hydroxylation is 1. The number of aromatic nitrogens is 1. The summed E-state index contributed by atoms with van der Waals surface area (Å²) >= 11 is 3.23. The maximum absolute atomic E-state index is 14.2. The van der Waals surface area contributed by atoms with Crippen LogP contribution in [0.25, 0.3) is 0 Å². The first kappa shape index (κ1) is 14.2. The van der Waals surface area contributed by atoms with Gasteiger partial charge < -0.3 is 5.32 Å². The van der Waals surface area contributed by atoms with E-state index in [1.165, 1.54) is 0 Å². The zero-order valence-electron chi connectivity index (χ0n) is 11.0. The van der Waals surface area contributed by atoms with Crippen molar-refractivity contribution >= 4 is 15.9 Å². The lowest BCUT2D eigenvalue weighted by atomic mass is 9.98. The number of halogens is 2. The van der Waals surface area contributed by atoms with E-state index in [9.17, 15) is 4.39 Å². The van der Waals surface area contributed by atoms with Gasteiger partial charge in [0.25, 0.3) is 0 Å². The number of rotatable bonds is 4. The van der Waals surface area contributed by atoms with Crippen LogP contribution in [0.4, 0.5) is 4.39 Å². The van der Waals surface area contributed by atoms with E-state index in [0.29, 0.717) is 10.0 Å². The van der Waals surface area contributed by atoms with Gasteiger partial charge in [-0.3, -0.25) is 4.98 Å². The van der Waals surface area contributed by atoms with Gasteiger partial charge in [-0.15, -0.1) is 0 Å². The smallest absolute Gasteiger partial charge is 0.142 e. The molecule has 100 valence electrons. The van der Waals surface area contributed by atoms with E-state index < -0.39 is 0 Å². The Kier molecular flexibility index (Phi) is 4.66. The Morgan fingerprint density at radius 2 is 2.11 bits per heavy atom. The average molecular weight is 323 g/mol. The van der Waals surface area contributed by atoms with Crippen LogP contribution < -0.4 is 5.32 Å². The molecule has 2 rings (SSSR count). The SMILES string of the molecule is CCc1cccnc1C(NC)c1cccc(Br)c1F. The highest BCUT2D eigenvalue weighted by Crippen LogP contribution is 2.28. The topological polar surface area (TPSA) is 24.9 Å². The van der Waals surface area contributed by atoms with Gasteiger partial charge in [-0.2, -0.15) is 0 Å². The number of nitrogens with one attached hydrogen (secondary N) is 1. The second kappa shape index (κ2) is 6.26. The molecule has 0 aliphatic carbocycles. The van der Waals surface area contributed by atoms with Crippen LogP contribution in [-0.4, -0.2) is 12.0 Å². The van der Waals surface area contributed by atoms with Gasteiger partial charge in [0.05, 0.1) is 16.2 Å². The molecule has 0 amide bonds. The summed E-state index contributed by atoms with van der Waals surface area (Å²) in [6.07, 6.45) is 2.62. The Balaban J connectivity index is 2.53. The highest BCUT2D eigenvalue weighted by Gasteiger charge is 2.20. The van der Waals surface area contributed by atoms with E-state index >= 15 is 0 Å². The third kappa shape index (κ3) is 2.85. The first-order chi connectivity index (χ1) is 9.19. The second-order valence-corrected chi connectivity index (χ2v) is 5.12. The van der Waals surface area contributed by atoms with Crippen molar-refractivity contribution in [1.29, 1.82) is 0 Å². The molecule has 0 spiro atoms. The summed E-state index contributed by atoms with van der Waals surface area (Å²) in [7, 11) is 1.82. The van der Waals surface area contributed by atoms with Crippen molar-refractivity contribution < 1.29 is 4.39 Å². The lowest BCUT2D eigenvalue weighted by Gasteiger charge is -2.20. The van der Waals surface area contributed by atoms with Crippen LogP contribution in [0.2, 0.25) is 0 Å². The normalized spacial score (nSPS) is 12.4. The zero-order chi connectivity index (χ0) is 13.8. The first-order valence-corrected chi connectivity index (χ1v) is 7.03. The van der Waals surface area contributed by atoms with E-state index in [2.05, 4.69) is 33.2 Å². The highest BCUT2D eigenvalue weighted by atomic mass is 79.9. The van der Waals surface area contributed by atoms with Crippen molar-refractivity contribution in [2.75, 3.05) is 7.05 Å². The van der Waals surface area contributed by atoms with Gasteiger partial charge in [-0.1, -0.05) is 25.1 Å². The van der Waals surface area contributed by atoms with Gasteiger partial charge in [0.2, 0.25) is 0 Å². The number of nitrogens with zero attached hydrogens (tertiary/aromatic N) is 1. The number of pyridine rings is 1. The fourth-order valence-corrected chi connectivity index (χ4v) is 2.57. The summed E-state index contributed by atoms with van der Waals surface area (Å²) in [5.41, 5.74) is 2.61. The molecule has 0 aliphatic rings. The number of hydrogen-bond donors (Lipinski definition) is 1. The van der Waals surface area contributed by atoms with Gasteiger partial charge in [0.15, 0.2) is 0 Å². The summed E-state index contributed by atoms with van der Waals surface area (Å²) in [6.45, 7) is 2.07. The molecule has 4 heteroatoms. The van der Waals surface area contributed by atoms with E-state index in [-0.39, 0.29) is 11.9 Å². The maximum Gasteiger partial charge on any atom is 0.142 e. The summed E-state index contributed by atoms with van der Waals surface area (Å²) < 4.78 is 14.7. The molecule has 2 nitrogen and oxygen atoms in total. The van der Waals surface area contributed by atoms with Crippen LogP contribution in [0.1, 0.15) is 29.8 Å². The predicted molar refractivity (Wildman–Crippen MR) is 78.6 cm³/mol. The Morgan fingerprint density at radius 1 is 1.32 bits per heavy atom. The molecule has 0 aliphatic heterocycles. The Morgan fingerprint density at radius 3 is 2.79 bits per heavy atom. The van der Waals surface area contributed by atoms with Gasteiger partial charge in [-0.25, -0.2) is 4.39 Å². The third-order valence-electron chi connectivity index (χ3n) is 3.16. The monoisotopic (exact) mass is 322 g/mol. The zero-order valence-corrected chi connectivity index (χ0v) is 12.5. The second-order valence-electron chi connectivity index (χ2n) is 4.27. The average Bonchev–Trinajstić information content (AvgIpc) is 2.45. The lowest BCUT2D eigenvalue weighted by Crippen LogP contribution is -2.21. The predicted octanol–water partition coefficient (Wildman–Crippen LogP) is 3.85. The molecular weight excluding hydrogens is 307 g/mol. The van der Waals surface area contributed by atoms with Crippen molar-refractivity contribution in [3.63, 3.8) is 0 Å². The van der Waals surface area contributed by atoms with Gasteiger partial charge >= 0.3 is 0 Å². The van der Waals surface area contributed by atoms with Crippen molar-refractivity contribution in [3.05, 3.63) is 63.6 Å². The van der Waals surface area contributed by atoms with Gasteiger partial charge in [-0.05, 0) is 47.1 Å². The standard InChI is InChI=1S/C15H16BrFN2/c1-3-10-6-5-9-19-14(10)15(18-2)11-7-4-8-12(16)13(11)17/h4-9,15,18H,3H2,1-2H3. The summed E-state index contributed by atoms with van der Waals surface area (Å²) in [4.78, 5) is 4.42. The van der Waals surface area contributed by atoms with Gasteiger partial charge in [0, 0.05) is 11.8 Å². The molecule has 1 N–H and O–H groups in total. The molecule has 0 fully saturated rings. The molecule has 1 heterocycles. The summed E-state index contributed by atoms with van der Waals surface area (Å²) in [5.74, 6) is -0.241.